The van der Waals surface area contributed by atoms with Crippen molar-refractivity contribution in [3.05, 3.63) is 89.5 Å². The zero-order valence-corrected chi connectivity index (χ0v) is 15.5. The lowest BCUT2D eigenvalue weighted by atomic mass is 10.0. The van der Waals surface area contributed by atoms with Crippen LogP contribution >= 0.6 is 0 Å². The van der Waals surface area contributed by atoms with Crippen molar-refractivity contribution in [1.29, 1.82) is 0 Å². The van der Waals surface area contributed by atoms with Gasteiger partial charge in [0.1, 0.15) is 12.4 Å². The van der Waals surface area contributed by atoms with Crippen LogP contribution in [-0.2, 0) is 16.2 Å². The second-order valence-electron chi connectivity index (χ2n) is 6.33. The van der Waals surface area contributed by atoms with Crippen molar-refractivity contribution in [2.24, 2.45) is 5.16 Å². The fourth-order valence-electron chi connectivity index (χ4n) is 2.61. The zero-order valence-electron chi connectivity index (χ0n) is 15.5. The molecule has 28 heavy (non-hydrogen) atoms. The van der Waals surface area contributed by atoms with Gasteiger partial charge in [0.25, 0.3) is 0 Å². The van der Waals surface area contributed by atoms with Gasteiger partial charge in [0.05, 0.1) is 6.21 Å². The lowest BCUT2D eigenvalue weighted by Crippen LogP contribution is -2.03. The van der Waals surface area contributed by atoms with E-state index in [4.69, 9.17) is 14.7 Å². The third kappa shape index (κ3) is 5.71. The number of rotatable bonds is 8. The van der Waals surface area contributed by atoms with Crippen molar-refractivity contribution >= 4 is 12.2 Å². The predicted octanol–water partition coefficient (Wildman–Crippen LogP) is 4.68. The number of aliphatic carboxylic acids is 1. The van der Waals surface area contributed by atoms with Crippen molar-refractivity contribution in [3.63, 3.8) is 0 Å². The molecule has 0 atom stereocenters. The number of hydrogen-bond donors (Lipinski definition) is 1. The second-order valence-corrected chi connectivity index (χ2v) is 6.33. The maximum atomic E-state index is 10.4. The molecule has 0 heterocycles. The predicted molar refractivity (Wildman–Crippen MR) is 109 cm³/mol. The molecule has 3 aromatic carbocycles. The van der Waals surface area contributed by atoms with E-state index in [1.165, 1.54) is 11.8 Å². The zero-order chi connectivity index (χ0) is 19.8. The summed E-state index contributed by atoms with van der Waals surface area (Å²) in [6.45, 7) is 2.11. The third-order valence-electron chi connectivity index (χ3n) is 4.04. The first-order valence-electron chi connectivity index (χ1n) is 8.86. The van der Waals surface area contributed by atoms with E-state index in [0.29, 0.717) is 6.61 Å². The van der Waals surface area contributed by atoms with E-state index in [1.54, 1.807) is 0 Å². The van der Waals surface area contributed by atoms with Crippen LogP contribution in [0.2, 0.25) is 0 Å². The number of carbonyl (C=O) groups is 1. The van der Waals surface area contributed by atoms with Crippen LogP contribution in [0, 0.1) is 6.92 Å². The Labute approximate surface area is 163 Å². The Morgan fingerprint density at radius 1 is 1.00 bits per heavy atom. The van der Waals surface area contributed by atoms with Gasteiger partial charge in [0.15, 0.2) is 0 Å². The van der Waals surface area contributed by atoms with Crippen LogP contribution < -0.4 is 4.74 Å². The van der Waals surface area contributed by atoms with E-state index >= 15 is 0 Å². The van der Waals surface area contributed by atoms with E-state index in [1.807, 2.05) is 48.5 Å². The highest BCUT2D eigenvalue weighted by atomic mass is 16.6. The Balaban J connectivity index is 1.68. The minimum atomic E-state index is -1.06. The molecule has 0 saturated heterocycles. The average Bonchev–Trinajstić information content (AvgIpc) is 2.71. The third-order valence-corrected chi connectivity index (χ3v) is 4.04. The average molecular weight is 375 g/mol. The molecule has 142 valence electrons. The van der Waals surface area contributed by atoms with Gasteiger partial charge in [-0.25, -0.2) is 4.79 Å². The lowest BCUT2D eigenvalue weighted by Gasteiger charge is -2.09. The van der Waals surface area contributed by atoms with Crippen molar-refractivity contribution < 1.29 is 19.5 Å². The molecule has 5 heteroatoms. The molecule has 0 bridgehead atoms. The van der Waals surface area contributed by atoms with E-state index in [-0.39, 0.29) is 0 Å². The van der Waals surface area contributed by atoms with Gasteiger partial charge in [0, 0.05) is 0 Å². The first-order chi connectivity index (χ1) is 13.6. The summed E-state index contributed by atoms with van der Waals surface area (Å²) >= 11 is 0. The fraction of sp³-hybridized carbons (Fsp3) is 0.130. The van der Waals surface area contributed by atoms with Gasteiger partial charge < -0.3 is 14.7 Å². The van der Waals surface area contributed by atoms with Crippen molar-refractivity contribution in [2.45, 2.75) is 13.5 Å². The van der Waals surface area contributed by atoms with E-state index in [0.717, 1.165) is 28.0 Å². The Morgan fingerprint density at radius 3 is 2.46 bits per heavy atom. The van der Waals surface area contributed by atoms with Gasteiger partial charge in [-0.05, 0) is 47.4 Å². The highest BCUT2D eigenvalue weighted by molar-refractivity contribution is 5.82. The van der Waals surface area contributed by atoms with E-state index in [9.17, 15) is 4.79 Å². The highest BCUT2D eigenvalue weighted by Crippen LogP contribution is 2.25. The molecule has 0 aliphatic heterocycles. The van der Waals surface area contributed by atoms with Gasteiger partial charge in [-0.15, -0.1) is 0 Å². The number of benzene rings is 3. The highest BCUT2D eigenvalue weighted by Gasteiger charge is 2.02. The minimum Gasteiger partial charge on any atom is -0.489 e. The number of nitrogens with zero attached hydrogens (tertiary/aromatic N) is 1. The summed E-state index contributed by atoms with van der Waals surface area (Å²) in [7, 11) is 0. The lowest BCUT2D eigenvalue weighted by molar-refractivity contribution is -0.142. The second kappa shape index (κ2) is 9.37. The summed E-state index contributed by atoms with van der Waals surface area (Å²) in [6.07, 6.45) is 1.49. The summed E-state index contributed by atoms with van der Waals surface area (Å²) in [6, 6.07) is 23.9. The molecule has 0 unspecified atom stereocenters. The van der Waals surface area contributed by atoms with Gasteiger partial charge in [-0.2, -0.15) is 0 Å². The maximum absolute atomic E-state index is 10.4. The number of carboxylic acid groups (broad SMARTS) is 1. The number of oxime groups is 1. The first-order valence-corrected chi connectivity index (χ1v) is 8.86. The normalized spacial score (nSPS) is 10.8. The summed E-state index contributed by atoms with van der Waals surface area (Å²) in [5.74, 6) is -0.268. The molecular formula is C23H21NO4. The quantitative estimate of drug-likeness (QED) is 0.459. The number of aryl methyl sites for hydroxylation is 1. The van der Waals surface area contributed by atoms with E-state index < -0.39 is 12.6 Å². The molecule has 0 saturated carbocycles. The molecule has 0 fully saturated rings. The Bertz CT molecular complexity index is 964. The number of ether oxygens (including phenoxy) is 1. The molecule has 3 aromatic rings. The van der Waals surface area contributed by atoms with Crippen LogP contribution in [0.3, 0.4) is 0 Å². The summed E-state index contributed by atoms with van der Waals surface area (Å²) < 4.78 is 5.92. The van der Waals surface area contributed by atoms with Crippen molar-refractivity contribution in [2.75, 3.05) is 6.61 Å². The Morgan fingerprint density at radius 2 is 1.71 bits per heavy atom. The summed E-state index contributed by atoms with van der Waals surface area (Å²) in [4.78, 5) is 15.1. The van der Waals surface area contributed by atoms with E-state index in [2.05, 4.69) is 36.3 Å². The SMILES string of the molecule is Cc1ccc(COc2cccc(-c3cccc(/C=N/OCC(=O)O)c3)c2)cc1. The summed E-state index contributed by atoms with van der Waals surface area (Å²) in [5.41, 5.74) is 5.18. The molecule has 0 aromatic heterocycles. The topological polar surface area (TPSA) is 68.1 Å². The largest absolute Gasteiger partial charge is 0.489 e. The smallest absolute Gasteiger partial charge is 0.344 e. The maximum Gasteiger partial charge on any atom is 0.344 e. The molecule has 3 rings (SSSR count). The molecule has 1 N–H and O–H groups in total. The van der Waals surface area contributed by atoms with Crippen LogP contribution in [0.4, 0.5) is 0 Å². The molecule has 0 spiro atoms. The summed E-state index contributed by atoms with van der Waals surface area (Å²) in [5, 5.41) is 12.2. The first kappa shape index (κ1) is 19.2. The van der Waals surface area contributed by atoms with Gasteiger partial charge >= 0.3 is 5.97 Å². The van der Waals surface area contributed by atoms with Gasteiger partial charge in [-0.3, -0.25) is 0 Å². The molecule has 0 aliphatic rings. The van der Waals surface area contributed by atoms with Crippen LogP contribution in [0.25, 0.3) is 11.1 Å². The number of carboxylic acids is 1. The van der Waals surface area contributed by atoms with Crippen LogP contribution in [0.15, 0.2) is 78.0 Å². The van der Waals surface area contributed by atoms with Crippen molar-refractivity contribution in [1.82, 2.24) is 0 Å². The van der Waals surface area contributed by atoms with Crippen molar-refractivity contribution in [3.8, 4) is 16.9 Å². The van der Waals surface area contributed by atoms with Gasteiger partial charge in [0.2, 0.25) is 6.61 Å². The number of hydrogen-bond acceptors (Lipinski definition) is 4. The Hall–Kier alpha value is -3.60. The monoisotopic (exact) mass is 375 g/mol. The fourth-order valence-corrected chi connectivity index (χ4v) is 2.61. The molecule has 0 amide bonds. The van der Waals surface area contributed by atoms with Crippen LogP contribution in [0.1, 0.15) is 16.7 Å². The van der Waals surface area contributed by atoms with Gasteiger partial charge in [-0.1, -0.05) is 65.3 Å². The molecule has 0 radical (unpaired) electrons. The Kier molecular flexibility index (Phi) is 6.41. The molecule has 5 nitrogen and oxygen atoms in total. The van der Waals surface area contributed by atoms with Crippen LogP contribution in [-0.4, -0.2) is 23.9 Å². The standard InChI is InChI=1S/C23H21NO4/c1-17-8-10-18(11-9-17)15-27-22-7-3-6-21(13-22)20-5-2-4-19(12-20)14-24-28-16-23(25)26/h2-14H,15-16H2,1H3,(H,25,26)/b24-14+. The minimum absolute atomic E-state index is 0.462. The molecule has 0 aliphatic carbocycles. The van der Waals surface area contributed by atoms with Crippen LogP contribution in [0.5, 0.6) is 5.75 Å². The molecular weight excluding hydrogens is 354 g/mol.